The zero-order valence-electron chi connectivity index (χ0n) is 14.9. The number of nitrogens with zero attached hydrogens (tertiary/aromatic N) is 2. The van der Waals surface area contributed by atoms with Crippen LogP contribution in [0.25, 0.3) is 0 Å². The zero-order chi connectivity index (χ0) is 18.6. The summed E-state index contributed by atoms with van der Waals surface area (Å²) in [6.07, 6.45) is 0.118. The number of ether oxygens (including phenoxy) is 1. The summed E-state index contributed by atoms with van der Waals surface area (Å²) in [6.45, 7) is 7.00. The van der Waals surface area contributed by atoms with E-state index in [0.29, 0.717) is 5.56 Å². The molecule has 1 unspecified atom stereocenters. The van der Waals surface area contributed by atoms with Crippen molar-refractivity contribution >= 4 is 13.5 Å². The average molecular weight is 367 g/mol. The fourth-order valence-corrected chi connectivity index (χ4v) is 3.06. The van der Waals surface area contributed by atoms with E-state index in [2.05, 4.69) is 15.4 Å². The third-order valence-corrected chi connectivity index (χ3v) is 4.98. The van der Waals surface area contributed by atoms with Gasteiger partial charge in [0.15, 0.2) is 11.5 Å². The highest BCUT2D eigenvalue weighted by Crippen LogP contribution is 2.49. The fourth-order valence-electron chi connectivity index (χ4n) is 2.11. The Morgan fingerprint density at radius 3 is 2.36 bits per heavy atom. The summed E-state index contributed by atoms with van der Waals surface area (Å²) in [6, 6.07) is 4.81. The van der Waals surface area contributed by atoms with Crippen molar-refractivity contribution in [1.29, 1.82) is 0 Å². The van der Waals surface area contributed by atoms with Gasteiger partial charge in [-0.05, 0) is 38.5 Å². The van der Waals surface area contributed by atoms with Gasteiger partial charge in [0.05, 0.1) is 13.3 Å². The number of aromatic hydroxyl groups is 1. The third kappa shape index (κ3) is 4.84. The standard InChI is InChI=1S/C16H22N3O5P/c1-6-25(21,24-19-16-17-11(3)8-12(4)18-16)23-13-7-10(2)15(20)14(9-13)22-5/h7-9,20H,6H2,1-5H3,(H,17,18,19). The van der Waals surface area contributed by atoms with Crippen LogP contribution in [0, 0.1) is 20.8 Å². The van der Waals surface area contributed by atoms with Crippen molar-refractivity contribution in [2.24, 2.45) is 0 Å². The van der Waals surface area contributed by atoms with E-state index >= 15 is 0 Å². The van der Waals surface area contributed by atoms with Crippen molar-refractivity contribution in [2.45, 2.75) is 27.7 Å². The van der Waals surface area contributed by atoms with Crippen LogP contribution in [0.3, 0.4) is 0 Å². The van der Waals surface area contributed by atoms with Gasteiger partial charge in [-0.3, -0.25) is 0 Å². The Kier molecular flexibility index (Phi) is 5.87. The van der Waals surface area contributed by atoms with Crippen LogP contribution in [0.1, 0.15) is 23.9 Å². The predicted octanol–water partition coefficient (Wildman–Crippen LogP) is 3.75. The summed E-state index contributed by atoms with van der Waals surface area (Å²) < 4.78 is 28.7. The number of methoxy groups -OCH3 is 1. The molecule has 0 spiro atoms. The van der Waals surface area contributed by atoms with Crippen molar-refractivity contribution in [3.8, 4) is 17.2 Å². The number of hydrogen-bond acceptors (Lipinski definition) is 8. The molecule has 0 fully saturated rings. The van der Waals surface area contributed by atoms with Gasteiger partial charge in [-0.15, -0.1) is 0 Å². The average Bonchev–Trinajstić information content (AvgIpc) is 2.55. The first-order chi connectivity index (χ1) is 11.8. The molecule has 2 aromatic rings. The lowest BCUT2D eigenvalue weighted by atomic mass is 10.2. The van der Waals surface area contributed by atoms with Gasteiger partial charge in [0, 0.05) is 17.5 Å². The molecule has 0 amide bonds. The molecule has 0 bridgehead atoms. The molecule has 2 rings (SSSR count). The van der Waals surface area contributed by atoms with Gasteiger partial charge in [-0.1, -0.05) is 6.92 Å². The Labute approximate surface area is 146 Å². The number of nitrogens with one attached hydrogen (secondary N) is 1. The molecule has 0 aliphatic heterocycles. The Morgan fingerprint density at radius 1 is 1.16 bits per heavy atom. The molecule has 1 atom stereocenters. The Balaban J connectivity index is 2.17. The van der Waals surface area contributed by atoms with Gasteiger partial charge in [-0.2, -0.15) is 4.62 Å². The van der Waals surface area contributed by atoms with Crippen molar-refractivity contribution in [3.63, 3.8) is 0 Å². The van der Waals surface area contributed by atoms with Crippen LogP contribution in [0.2, 0.25) is 0 Å². The van der Waals surface area contributed by atoms with E-state index in [1.54, 1.807) is 19.9 Å². The minimum atomic E-state index is -3.51. The van der Waals surface area contributed by atoms with Crippen LogP contribution >= 0.6 is 7.60 Å². The minimum absolute atomic E-state index is 0.00357. The molecule has 1 aromatic carbocycles. The molecule has 0 saturated carbocycles. The second kappa shape index (κ2) is 7.72. The molecule has 1 heterocycles. The molecule has 136 valence electrons. The maximum atomic E-state index is 12.8. The van der Waals surface area contributed by atoms with E-state index in [4.69, 9.17) is 13.9 Å². The molecular weight excluding hydrogens is 345 g/mol. The van der Waals surface area contributed by atoms with Crippen molar-refractivity contribution < 1.29 is 23.6 Å². The summed E-state index contributed by atoms with van der Waals surface area (Å²) in [5.41, 5.74) is 4.54. The maximum Gasteiger partial charge on any atom is 0.400 e. The lowest BCUT2D eigenvalue weighted by Gasteiger charge is -2.19. The zero-order valence-corrected chi connectivity index (χ0v) is 15.8. The number of phenolic OH excluding ortho intramolecular Hbond substituents is 1. The van der Waals surface area contributed by atoms with Crippen LogP contribution in [0.4, 0.5) is 5.95 Å². The lowest BCUT2D eigenvalue weighted by molar-refractivity contribution is 0.314. The van der Waals surface area contributed by atoms with Crippen LogP contribution in [-0.2, 0) is 9.19 Å². The Hall–Kier alpha value is -2.31. The van der Waals surface area contributed by atoms with Crippen LogP contribution in [-0.4, -0.2) is 28.3 Å². The first-order valence-electron chi connectivity index (χ1n) is 7.69. The quantitative estimate of drug-likeness (QED) is 0.563. The van der Waals surface area contributed by atoms with Gasteiger partial charge >= 0.3 is 7.60 Å². The monoisotopic (exact) mass is 367 g/mol. The van der Waals surface area contributed by atoms with Crippen LogP contribution < -0.4 is 14.7 Å². The number of aromatic nitrogens is 2. The van der Waals surface area contributed by atoms with Crippen molar-refractivity contribution in [1.82, 2.24) is 9.97 Å². The molecule has 9 heteroatoms. The predicted molar refractivity (Wildman–Crippen MR) is 94.4 cm³/mol. The first-order valence-corrected chi connectivity index (χ1v) is 9.42. The third-order valence-electron chi connectivity index (χ3n) is 3.35. The summed E-state index contributed by atoms with van der Waals surface area (Å²) in [7, 11) is -2.09. The minimum Gasteiger partial charge on any atom is -0.504 e. The molecule has 25 heavy (non-hydrogen) atoms. The van der Waals surface area contributed by atoms with Gasteiger partial charge in [0.2, 0.25) is 5.95 Å². The second-order valence-corrected chi connectivity index (χ2v) is 7.70. The number of aryl methyl sites for hydroxylation is 3. The summed E-state index contributed by atoms with van der Waals surface area (Å²) in [5.74, 6) is 0.696. The van der Waals surface area contributed by atoms with E-state index in [9.17, 15) is 9.67 Å². The number of benzene rings is 1. The smallest absolute Gasteiger partial charge is 0.400 e. The summed E-state index contributed by atoms with van der Waals surface area (Å²) in [5, 5.41) is 9.87. The normalized spacial score (nSPS) is 13.2. The highest BCUT2D eigenvalue weighted by atomic mass is 31.2. The maximum absolute atomic E-state index is 12.8. The lowest BCUT2D eigenvalue weighted by Crippen LogP contribution is -2.09. The summed E-state index contributed by atoms with van der Waals surface area (Å²) >= 11 is 0. The SMILES string of the molecule is CCP(=O)(ONc1nc(C)cc(C)n1)Oc1cc(C)c(O)c(OC)c1. The van der Waals surface area contributed by atoms with E-state index in [-0.39, 0.29) is 29.4 Å². The van der Waals surface area contributed by atoms with Crippen LogP contribution in [0.5, 0.6) is 17.2 Å². The Morgan fingerprint density at radius 2 is 1.80 bits per heavy atom. The van der Waals surface area contributed by atoms with Gasteiger partial charge < -0.3 is 14.4 Å². The Bertz CT molecular complexity index is 792. The number of phenols is 1. The van der Waals surface area contributed by atoms with Crippen molar-refractivity contribution in [2.75, 3.05) is 18.8 Å². The number of anilines is 1. The fraction of sp³-hybridized carbons (Fsp3) is 0.375. The van der Waals surface area contributed by atoms with Gasteiger partial charge in [-0.25, -0.2) is 20.0 Å². The highest BCUT2D eigenvalue weighted by Gasteiger charge is 2.26. The van der Waals surface area contributed by atoms with Crippen molar-refractivity contribution in [3.05, 3.63) is 35.2 Å². The van der Waals surface area contributed by atoms with E-state index in [1.807, 2.05) is 19.9 Å². The summed E-state index contributed by atoms with van der Waals surface area (Å²) in [4.78, 5) is 8.31. The molecule has 1 aromatic heterocycles. The molecular formula is C16H22N3O5P. The van der Waals surface area contributed by atoms with E-state index in [1.165, 1.54) is 13.2 Å². The number of hydrogen-bond donors (Lipinski definition) is 2. The largest absolute Gasteiger partial charge is 0.504 e. The molecule has 0 aliphatic rings. The van der Waals surface area contributed by atoms with E-state index < -0.39 is 7.60 Å². The highest BCUT2D eigenvalue weighted by molar-refractivity contribution is 7.54. The second-order valence-electron chi connectivity index (χ2n) is 5.48. The van der Waals surface area contributed by atoms with Gasteiger partial charge in [0.1, 0.15) is 5.75 Å². The first kappa shape index (κ1) is 19.0. The van der Waals surface area contributed by atoms with Crippen LogP contribution in [0.15, 0.2) is 18.2 Å². The van der Waals surface area contributed by atoms with Gasteiger partial charge in [0.25, 0.3) is 0 Å². The number of rotatable bonds is 7. The topological polar surface area (TPSA) is 103 Å². The molecule has 2 N–H and O–H groups in total. The molecule has 0 radical (unpaired) electrons. The molecule has 8 nitrogen and oxygen atoms in total. The molecule has 0 saturated heterocycles. The molecule has 0 aliphatic carbocycles. The van der Waals surface area contributed by atoms with E-state index in [0.717, 1.165) is 11.4 Å².